The number of aromatic nitrogens is 2. The Hall–Kier alpha value is -3.41. The summed E-state index contributed by atoms with van der Waals surface area (Å²) < 4.78 is 27.2. The van der Waals surface area contributed by atoms with Crippen LogP contribution in [-0.4, -0.2) is 110 Å². The molecule has 63 heavy (non-hydrogen) atoms. The number of nitrogens with one attached hydrogen (secondary N) is 1. The van der Waals surface area contributed by atoms with Crippen LogP contribution >= 0.6 is 65.6 Å². The average molecular weight is 1010 g/mol. The number of carbonyl (C=O) groups excluding carboxylic acids is 2. The standard InChI is InChI=1S/C15H18Cl2N2O3.C15H22ClNO2.C8H11Cl2NO.C3H8NO5P/c1-8(2)21-12-7-11(9(16)6-10(12)17)19-14(20)22-13(18-19)15(3,4)5;1-5-13-8-6-7-11(2)15(13)17(14(18)9-16)12(3)10-19-4;1-3-5-11(6-4-2)8(12)7(9)10;5-3(6)1-4-2-10(7,8)9/h6-8H,1-5H3;6-8,12H,5,9-10H2,1-4H3;3-4,7H,1-2,5-6H2;4H,1-2H2,(H,5,6)(H2,7,8,9). The molecule has 1 aromatic heterocycles. The Bertz CT molecular complexity index is 2040. The number of alkyl halides is 3. The first-order valence-corrected chi connectivity index (χ1v) is 23.1. The highest BCUT2D eigenvalue weighted by atomic mass is 35.5. The van der Waals surface area contributed by atoms with E-state index in [2.05, 4.69) is 36.6 Å². The molecular weight excluding hydrogens is 947 g/mol. The van der Waals surface area contributed by atoms with Crippen LogP contribution in [0.1, 0.15) is 65.5 Å². The number of aliphatic carboxylic acids is 1. The van der Waals surface area contributed by atoms with Crippen molar-refractivity contribution in [3.05, 3.63) is 93.3 Å². The van der Waals surface area contributed by atoms with Gasteiger partial charge in [-0.1, -0.05) is 104 Å². The average Bonchev–Trinajstić information content (AvgIpc) is 3.58. The number of hydrogen-bond acceptors (Lipinski definition) is 10. The van der Waals surface area contributed by atoms with Gasteiger partial charge in [-0.05, 0) is 51.3 Å². The van der Waals surface area contributed by atoms with E-state index < -0.39 is 37.0 Å². The van der Waals surface area contributed by atoms with E-state index in [0.717, 1.165) is 27.9 Å². The molecule has 22 heteroatoms. The highest BCUT2D eigenvalue weighted by Crippen LogP contribution is 2.34. The molecule has 4 N–H and O–H groups in total. The van der Waals surface area contributed by atoms with Gasteiger partial charge in [0.15, 0.2) is 4.84 Å². The second-order valence-corrected chi connectivity index (χ2v) is 18.5. The molecule has 3 aromatic rings. The van der Waals surface area contributed by atoms with E-state index in [9.17, 15) is 23.7 Å². The summed E-state index contributed by atoms with van der Waals surface area (Å²) in [7, 11) is -2.46. The van der Waals surface area contributed by atoms with Crippen molar-refractivity contribution in [2.75, 3.05) is 50.4 Å². The molecule has 0 saturated carbocycles. The Kier molecular flexibility index (Phi) is 27.6. The summed E-state index contributed by atoms with van der Waals surface area (Å²) in [6, 6.07) is 9.15. The van der Waals surface area contributed by atoms with Crippen molar-refractivity contribution >= 4 is 89.1 Å². The fourth-order valence-corrected chi connectivity index (χ4v) is 6.41. The maximum atomic E-state index is 12.2. The quantitative estimate of drug-likeness (QED) is 0.0539. The van der Waals surface area contributed by atoms with E-state index in [1.807, 2.05) is 60.6 Å². The monoisotopic (exact) mass is 1000 g/mol. The minimum atomic E-state index is -4.10. The number of ether oxygens (including phenoxy) is 2. The topological polar surface area (TPSA) is 214 Å². The molecule has 0 aliphatic heterocycles. The van der Waals surface area contributed by atoms with Crippen LogP contribution in [0.4, 0.5) is 5.69 Å². The number of hydrogen-bond donors (Lipinski definition) is 4. The van der Waals surface area contributed by atoms with Crippen LogP contribution < -0.4 is 20.7 Å². The van der Waals surface area contributed by atoms with Gasteiger partial charge in [-0.25, -0.2) is 4.79 Å². The predicted octanol–water partition coefficient (Wildman–Crippen LogP) is 8.17. The van der Waals surface area contributed by atoms with E-state index >= 15 is 0 Å². The summed E-state index contributed by atoms with van der Waals surface area (Å²) in [5, 5.41) is 14.9. The van der Waals surface area contributed by atoms with Gasteiger partial charge in [0, 0.05) is 31.7 Å². The number of methoxy groups -OCH3 is 1. The van der Waals surface area contributed by atoms with Gasteiger partial charge in [0.25, 0.3) is 5.91 Å². The molecule has 0 bridgehead atoms. The molecule has 1 unspecified atom stereocenters. The first kappa shape index (κ1) is 59.6. The van der Waals surface area contributed by atoms with Crippen molar-refractivity contribution < 1.29 is 47.7 Å². The van der Waals surface area contributed by atoms with E-state index in [-0.39, 0.29) is 40.3 Å². The number of benzene rings is 2. The van der Waals surface area contributed by atoms with E-state index in [1.165, 1.54) is 11.0 Å². The summed E-state index contributed by atoms with van der Waals surface area (Å²) in [6.45, 7) is 23.5. The molecule has 2 aromatic carbocycles. The second kappa shape index (κ2) is 29.2. The molecule has 1 atom stereocenters. The third-order valence-electron chi connectivity index (χ3n) is 7.75. The molecule has 354 valence electrons. The number of amides is 2. The number of rotatable bonds is 18. The van der Waals surface area contributed by atoms with Crippen molar-refractivity contribution in [3.63, 3.8) is 0 Å². The van der Waals surface area contributed by atoms with Gasteiger partial charge in [-0.15, -0.1) is 29.9 Å². The van der Waals surface area contributed by atoms with Gasteiger partial charge < -0.3 is 38.6 Å². The first-order valence-electron chi connectivity index (χ1n) is 19.2. The van der Waals surface area contributed by atoms with Crippen molar-refractivity contribution in [1.82, 2.24) is 20.0 Å². The number of anilines is 1. The van der Waals surface area contributed by atoms with Crippen molar-refractivity contribution in [2.24, 2.45) is 0 Å². The lowest BCUT2D eigenvalue weighted by atomic mass is 9.97. The maximum Gasteiger partial charge on any atom is 0.442 e. The summed E-state index contributed by atoms with van der Waals surface area (Å²) in [5.74, 6) is -1.42. The highest BCUT2D eigenvalue weighted by molar-refractivity contribution is 7.51. The van der Waals surface area contributed by atoms with Crippen LogP contribution in [0.15, 0.2) is 64.9 Å². The number of halogens is 5. The van der Waals surface area contributed by atoms with Crippen molar-refractivity contribution in [1.29, 1.82) is 0 Å². The van der Waals surface area contributed by atoms with Crippen LogP contribution in [0.25, 0.3) is 5.69 Å². The first-order chi connectivity index (χ1) is 29.2. The number of carbonyl (C=O) groups is 3. The SMILES string of the molecule is C=CCN(CC=C)C(=O)C(Cl)Cl.CC(C)Oc1cc(-n2nc(C(C)(C)C)oc2=O)c(Cl)cc1Cl.CCc1cccc(C)c1N(C(=O)CCl)C(C)COC.O=C(O)CNCP(=O)(O)O. The van der Waals surface area contributed by atoms with Crippen molar-refractivity contribution in [3.8, 4) is 11.4 Å². The van der Waals surface area contributed by atoms with Gasteiger partial charge in [0.2, 0.25) is 11.8 Å². The predicted molar refractivity (Wildman–Crippen MR) is 252 cm³/mol. The summed E-state index contributed by atoms with van der Waals surface area (Å²) in [5.41, 5.74) is 3.19. The summed E-state index contributed by atoms with van der Waals surface area (Å²) in [6.07, 6.45) is 3.43. The van der Waals surface area contributed by atoms with Gasteiger partial charge in [-0.2, -0.15) is 4.68 Å². The van der Waals surface area contributed by atoms with Gasteiger partial charge in [0.1, 0.15) is 11.6 Å². The van der Waals surface area contributed by atoms with Crippen LogP contribution in [0, 0.1) is 6.92 Å². The number of nitrogens with zero attached hydrogens (tertiary/aromatic N) is 4. The fraction of sp³-hybridized carbons (Fsp3) is 0.488. The molecule has 0 saturated heterocycles. The number of para-hydroxylation sites is 1. The van der Waals surface area contributed by atoms with Gasteiger partial charge >= 0.3 is 19.3 Å². The molecule has 3 rings (SSSR count). The van der Waals surface area contributed by atoms with Crippen LogP contribution in [0.3, 0.4) is 0 Å². The Morgan fingerprint density at radius 3 is 2.08 bits per heavy atom. The van der Waals surface area contributed by atoms with E-state index in [4.69, 9.17) is 86.8 Å². The third-order valence-corrected chi connectivity index (χ3v) is 9.58. The fourth-order valence-electron chi connectivity index (χ4n) is 5.09. The zero-order chi connectivity index (χ0) is 48.8. The number of aryl methyl sites for hydroxylation is 2. The zero-order valence-corrected chi connectivity index (χ0v) is 41.5. The van der Waals surface area contributed by atoms with E-state index in [1.54, 1.807) is 30.2 Å². The third kappa shape index (κ3) is 21.9. The summed E-state index contributed by atoms with van der Waals surface area (Å²) in [4.78, 5) is 63.8. The van der Waals surface area contributed by atoms with Gasteiger partial charge in [0.05, 0.1) is 53.0 Å². The normalized spacial score (nSPS) is 11.5. The molecule has 1 heterocycles. The molecule has 0 aliphatic rings. The molecule has 0 spiro atoms. The molecule has 0 fully saturated rings. The van der Waals surface area contributed by atoms with Crippen LogP contribution in [-0.2, 0) is 35.5 Å². The Morgan fingerprint density at radius 1 is 1.06 bits per heavy atom. The maximum absolute atomic E-state index is 12.2. The lowest BCUT2D eigenvalue weighted by Crippen LogP contribution is -2.43. The lowest BCUT2D eigenvalue weighted by molar-refractivity contribution is -0.136. The highest BCUT2D eigenvalue weighted by Gasteiger charge is 2.26. The Morgan fingerprint density at radius 2 is 1.65 bits per heavy atom. The van der Waals surface area contributed by atoms with Crippen molar-refractivity contribution in [2.45, 2.75) is 84.2 Å². The van der Waals surface area contributed by atoms with E-state index in [0.29, 0.717) is 42.0 Å². The minimum Gasteiger partial charge on any atom is -0.489 e. The second-order valence-electron chi connectivity index (χ2n) is 14.6. The Balaban J connectivity index is 0.000000855. The van der Waals surface area contributed by atoms with Gasteiger partial charge in [-0.3, -0.25) is 24.3 Å². The lowest BCUT2D eigenvalue weighted by Gasteiger charge is -2.31. The van der Waals surface area contributed by atoms with Crippen LogP contribution in [0.2, 0.25) is 10.0 Å². The van der Waals surface area contributed by atoms with Crippen LogP contribution in [0.5, 0.6) is 5.75 Å². The molecule has 2 amide bonds. The molecular formula is C41H59Cl5N5O11P. The summed E-state index contributed by atoms with van der Waals surface area (Å²) >= 11 is 28.9. The molecule has 0 aliphatic carbocycles. The Labute approximate surface area is 394 Å². The minimum absolute atomic E-state index is 0.0223. The molecule has 0 radical (unpaired) electrons. The number of carboxylic acid groups (broad SMARTS) is 1. The smallest absolute Gasteiger partial charge is 0.442 e. The molecule has 16 nitrogen and oxygen atoms in total. The largest absolute Gasteiger partial charge is 0.489 e. The zero-order valence-electron chi connectivity index (χ0n) is 36.9. The number of carboxylic acids is 1.